The van der Waals surface area contributed by atoms with E-state index in [1.165, 1.54) is 0 Å². The van der Waals surface area contributed by atoms with E-state index in [1.54, 1.807) is 0 Å². The normalized spacial score (nSPS) is 16.7. The summed E-state index contributed by atoms with van der Waals surface area (Å²) in [5, 5.41) is 0. The summed E-state index contributed by atoms with van der Waals surface area (Å²) in [6.07, 6.45) is 0.732. The molecule has 0 fully saturated rings. The molecule has 5 heteroatoms. The molecule has 0 radical (unpaired) electrons. The first-order valence-electron chi connectivity index (χ1n) is 5.16. The minimum atomic E-state index is -2.53. The lowest BCUT2D eigenvalue weighted by Crippen LogP contribution is -2.53. The maximum Gasteiger partial charge on any atom is 0.499 e. The molecule has 0 spiro atoms. The predicted octanol–water partition coefficient (Wildman–Crippen LogP) is 1.73. The van der Waals surface area contributed by atoms with E-state index in [4.69, 9.17) is 19.0 Å². The van der Waals surface area contributed by atoms with Gasteiger partial charge in [0.1, 0.15) is 5.72 Å². The lowest BCUT2D eigenvalue weighted by atomic mass is 10.2. The molecule has 0 amide bonds. The topological polar surface area (TPSA) is 53.7 Å². The van der Waals surface area contributed by atoms with Gasteiger partial charge in [-0.15, -0.1) is 0 Å². The van der Waals surface area contributed by atoms with Crippen LogP contribution >= 0.6 is 0 Å². The van der Waals surface area contributed by atoms with Crippen molar-refractivity contribution in [1.29, 1.82) is 0 Å². The lowest BCUT2D eigenvalue weighted by molar-refractivity contribution is -0.0142. The highest BCUT2D eigenvalue weighted by Gasteiger charge is 2.39. The fraction of sp³-hybridized carbons (Fsp3) is 1.00. The molecule has 14 heavy (non-hydrogen) atoms. The second-order valence-electron chi connectivity index (χ2n) is 3.50. The Morgan fingerprint density at radius 2 is 1.57 bits per heavy atom. The fourth-order valence-corrected chi connectivity index (χ4v) is 3.36. The van der Waals surface area contributed by atoms with Gasteiger partial charge in [-0.2, -0.15) is 0 Å². The first-order valence-corrected chi connectivity index (χ1v) is 7.38. The molecule has 1 unspecified atom stereocenters. The molecule has 0 aromatic rings. The average molecular weight is 221 g/mol. The quantitative estimate of drug-likeness (QED) is 0.525. The Bertz CT molecular complexity index is 158. The zero-order valence-electron chi connectivity index (χ0n) is 9.92. The van der Waals surface area contributed by atoms with E-state index in [9.17, 15) is 0 Å². The van der Waals surface area contributed by atoms with Gasteiger partial charge in [0, 0.05) is 19.8 Å². The van der Waals surface area contributed by atoms with E-state index in [-0.39, 0.29) is 0 Å². The highest BCUT2D eigenvalue weighted by Crippen LogP contribution is 2.18. The van der Waals surface area contributed by atoms with Gasteiger partial charge in [0.05, 0.1) is 0 Å². The molecule has 0 heterocycles. The standard InChI is InChI=1S/C9H23NO3Si/c1-6-9(4,10)13-14(5,11-7-2)12-8-3/h6-8,10H2,1-5H3. The predicted molar refractivity (Wildman–Crippen MR) is 58.8 cm³/mol. The van der Waals surface area contributed by atoms with Crippen LogP contribution in [0.4, 0.5) is 0 Å². The molecular weight excluding hydrogens is 198 g/mol. The number of hydrogen-bond acceptors (Lipinski definition) is 4. The average Bonchev–Trinajstić information content (AvgIpc) is 2.03. The van der Waals surface area contributed by atoms with Crippen molar-refractivity contribution in [3.05, 3.63) is 0 Å². The summed E-state index contributed by atoms with van der Waals surface area (Å²) in [5.41, 5.74) is 5.25. The van der Waals surface area contributed by atoms with Gasteiger partial charge < -0.3 is 19.0 Å². The summed E-state index contributed by atoms with van der Waals surface area (Å²) in [5.74, 6) is 0. The molecule has 1 atom stereocenters. The van der Waals surface area contributed by atoms with E-state index >= 15 is 0 Å². The SMILES string of the molecule is CCO[Si](C)(OCC)OC(C)(N)CC. The van der Waals surface area contributed by atoms with Gasteiger partial charge in [-0.05, 0) is 27.2 Å². The lowest BCUT2D eigenvalue weighted by Gasteiger charge is -2.34. The van der Waals surface area contributed by atoms with Gasteiger partial charge in [0.15, 0.2) is 0 Å². The van der Waals surface area contributed by atoms with Crippen molar-refractivity contribution in [2.45, 2.75) is 46.4 Å². The largest absolute Gasteiger partial charge is 0.499 e. The van der Waals surface area contributed by atoms with Gasteiger partial charge in [-0.1, -0.05) is 6.92 Å². The first kappa shape index (κ1) is 14.1. The highest BCUT2D eigenvalue weighted by molar-refractivity contribution is 6.59. The van der Waals surface area contributed by atoms with Crippen molar-refractivity contribution in [3.8, 4) is 0 Å². The molecule has 0 aliphatic heterocycles. The summed E-state index contributed by atoms with van der Waals surface area (Å²) in [7, 11) is -2.53. The smallest absolute Gasteiger partial charge is 0.374 e. The van der Waals surface area contributed by atoms with Crippen LogP contribution in [0.2, 0.25) is 6.55 Å². The molecule has 0 aliphatic carbocycles. The molecule has 86 valence electrons. The Labute approximate surface area is 88.1 Å². The van der Waals surface area contributed by atoms with E-state index in [1.807, 2.05) is 34.2 Å². The molecule has 0 saturated heterocycles. The van der Waals surface area contributed by atoms with Crippen LogP contribution in [-0.2, 0) is 13.3 Å². The molecule has 2 N–H and O–H groups in total. The van der Waals surface area contributed by atoms with E-state index in [2.05, 4.69) is 0 Å². The van der Waals surface area contributed by atoms with E-state index < -0.39 is 14.5 Å². The van der Waals surface area contributed by atoms with E-state index in [0.717, 1.165) is 6.42 Å². The number of hydrogen-bond donors (Lipinski definition) is 1. The Balaban J connectivity index is 4.34. The second kappa shape index (κ2) is 5.82. The van der Waals surface area contributed by atoms with Crippen LogP contribution in [0.25, 0.3) is 0 Å². The minimum Gasteiger partial charge on any atom is -0.374 e. The van der Waals surface area contributed by atoms with Crippen LogP contribution in [0.3, 0.4) is 0 Å². The highest BCUT2D eigenvalue weighted by atomic mass is 28.4. The summed E-state index contributed by atoms with van der Waals surface area (Å²) >= 11 is 0. The summed E-state index contributed by atoms with van der Waals surface area (Å²) in [6, 6.07) is 0. The van der Waals surface area contributed by atoms with Crippen LogP contribution in [0, 0.1) is 0 Å². The Kier molecular flexibility index (Phi) is 5.85. The Morgan fingerprint density at radius 1 is 1.14 bits per heavy atom. The van der Waals surface area contributed by atoms with Gasteiger partial charge >= 0.3 is 8.80 Å². The fourth-order valence-electron chi connectivity index (χ4n) is 1.12. The molecule has 0 aromatic carbocycles. The third-order valence-corrected chi connectivity index (χ3v) is 4.40. The molecule has 4 nitrogen and oxygen atoms in total. The van der Waals surface area contributed by atoms with Crippen molar-refractivity contribution < 1.29 is 13.3 Å². The Hall–Kier alpha value is 0.0569. The van der Waals surface area contributed by atoms with Gasteiger partial charge in [-0.25, -0.2) is 0 Å². The van der Waals surface area contributed by atoms with Gasteiger partial charge in [-0.3, -0.25) is 0 Å². The van der Waals surface area contributed by atoms with Crippen molar-refractivity contribution in [1.82, 2.24) is 0 Å². The van der Waals surface area contributed by atoms with Crippen molar-refractivity contribution in [3.63, 3.8) is 0 Å². The summed E-state index contributed by atoms with van der Waals surface area (Å²) in [6.45, 7) is 10.7. The monoisotopic (exact) mass is 221 g/mol. The second-order valence-corrected chi connectivity index (χ2v) is 6.00. The van der Waals surface area contributed by atoms with Crippen molar-refractivity contribution in [2.75, 3.05) is 13.2 Å². The molecule has 0 aliphatic rings. The van der Waals surface area contributed by atoms with Crippen LogP contribution in [0.5, 0.6) is 0 Å². The van der Waals surface area contributed by atoms with E-state index in [0.29, 0.717) is 13.2 Å². The zero-order valence-corrected chi connectivity index (χ0v) is 10.9. The summed E-state index contributed by atoms with van der Waals surface area (Å²) < 4.78 is 16.8. The van der Waals surface area contributed by atoms with Crippen molar-refractivity contribution >= 4 is 8.80 Å². The number of nitrogens with two attached hydrogens (primary N) is 1. The van der Waals surface area contributed by atoms with Crippen LogP contribution in [0.15, 0.2) is 0 Å². The molecule has 0 rings (SSSR count). The minimum absolute atomic E-state index is 0.586. The molecule has 0 bridgehead atoms. The number of rotatable bonds is 7. The van der Waals surface area contributed by atoms with Gasteiger partial charge in [0.2, 0.25) is 0 Å². The third-order valence-electron chi connectivity index (χ3n) is 1.93. The molecular formula is C9H23NO3Si. The van der Waals surface area contributed by atoms with Crippen LogP contribution in [0.1, 0.15) is 34.1 Å². The Morgan fingerprint density at radius 3 is 1.86 bits per heavy atom. The maximum absolute atomic E-state index is 5.92. The van der Waals surface area contributed by atoms with Gasteiger partial charge in [0.25, 0.3) is 0 Å². The van der Waals surface area contributed by atoms with Crippen LogP contribution in [-0.4, -0.2) is 27.7 Å². The zero-order chi connectivity index (χ0) is 11.2. The maximum atomic E-state index is 5.92. The third kappa shape index (κ3) is 5.07. The molecule has 0 aromatic heterocycles. The summed E-state index contributed by atoms with van der Waals surface area (Å²) in [4.78, 5) is 0. The first-order chi connectivity index (χ1) is 6.39. The van der Waals surface area contributed by atoms with Crippen molar-refractivity contribution in [2.24, 2.45) is 5.73 Å². The van der Waals surface area contributed by atoms with Crippen LogP contribution < -0.4 is 5.73 Å². The molecule has 0 saturated carbocycles.